The van der Waals surface area contributed by atoms with Gasteiger partial charge in [-0.2, -0.15) is 0 Å². The zero-order valence-electron chi connectivity index (χ0n) is 11.0. The summed E-state index contributed by atoms with van der Waals surface area (Å²) in [5, 5.41) is 2.59. The molecule has 1 N–H and O–H groups in total. The van der Waals surface area contributed by atoms with Crippen molar-refractivity contribution in [2.24, 2.45) is 0 Å². The van der Waals surface area contributed by atoms with Crippen molar-refractivity contribution >= 4 is 6.09 Å². The largest absolute Gasteiger partial charge is 0.490 e. The first-order chi connectivity index (χ1) is 8.45. The van der Waals surface area contributed by atoms with Crippen LogP contribution in [0.3, 0.4) is 0 Å². The van der Waals surface area contributed by atoms with E-state index in [9.17, 15) is 4.79 Å². The van der Waals surface area contributed by atoms with Crippen molar-refractivity contribution in [2.45, 2.75) is 32.3 Å². The van der Waals surface area contributed by atoms with Gasteiger partial charge in [0.15, 0.2) is 6.10 Å². The third kappa shape index (κ3) is 3.15. The molecule has 1 fully saturated rings. The maximum atomic E-state index is 10.8. The summed E-state index contributed by atoms with van der Waals surface area (Å²) < 4.78 is 10.6. The van der Waals surface area contributed by atoms with Crippen LogP contribution < -0.4 is 10.1 Å². The molecule has 1 amide bonds. The van der Waals surface area contributed by atoms with Crippen molar-refractivity contribution < 1.29 is 14.3 Å². The van der Waals surface area contributed by atoms with E-state index in [4.69, 9.17) is 9.47 Å². The number of nitrogens with one attached hydrogen (secondary N) is 1. The van der Waals surface area contributed by atoms with Crippen molar-refractivity contribution in [1.29, 1.82) is 0 Å². The van der Waals surface area contributed by atoms with Crippen LogP contribution in [0.5, 0.6) is 5.75 Å². The molecule has 4 heteroatoms. The van der Waals surface area contributed by atoms with E-state index in [1.165, 1.54) is 5.56 Å². The minimum absolute atomic E-state index is 0.142. The number of benzene rings is 1. The monoisotopic (exact) mass is 249 g/mol. The van der Waals surface area contributed by atoms with Crippen molar-refractivity contribution in [2.75, 3.05) is 13.2 Å². The van der Waals surface area contributed by atoms with E-state index in [1.54, 1.807) is 0 Å². The fourth-order valence-corrected chi connectivity index (χ4v) is 1.77. The van der Waals surface area contributed by atoms with Gasteiger partial charge in [-0.25, -0.2) is 4.79 Å². The summed E-state index contributed by atoms with van der Waals surface area (Å²) in [5.74, 6) is 0.797. The number of alkyl carbamates (subject to hydrolysis) is 1. The molecule has 1 heterocycles. The molecule has 0 bridgehead atoms. The van der Waals surface area contributed by atoms with Gasteiger partial charge in [0.05, 0.1) is 6.54 Å². The highest BCUT2D eigenvalue weighted by Gasteiger charge is 2.22. The maximum Gasteiger partial charge on any atom is 0.407 e. The van der Waals surface area contributed by atoms with Gasteiger partial charge < -0.3 is 14.8 Å². The van der Waals surface area contributed by atoms with E-state index in [-0.39, 0.29) is 17.6 Å². The van der Waals surface area contributed by atoms with Gasteiger partial charge in [0.25, 0.3) is 0 Å². The van der Waals surface area contributed by atoms with Crippen LogP contribution in [0, 0.1) is 0 Å². The van der Waals surface area contributed by atoms with Crippen molar-refractivity contribution in [1.82, 2.24) is 5.32 Å². The molecule has 0 spiro atoms. The van der Waals surface area contributed by atoms with Crippen LogP contribution in [0.1, 0.15) is 26.3 Å². The Morgan fingerprint density at radius 2 is 2.00 bits per heavy atom. The lowest BCUT2D eigenvalue weighted by Gasteiger charge is -2.19. The predicted molar refractivity (Wildman–Crippen MR) is 68.9 cm³/mol. The molecule has 0 radical (unpaired) electrons. The van der Waals surface area contributed by atoms with Crippen molar-refractivity contribution in [3.63, 3.8) is 0 Å². The average molecular weight is 249 g/mol. The Bertz CT molecular complexity index is 420. The first kappa shape index (κ1) is 12.7. The van der Waals surface area contributed by atoms with E-state index < -0.39 is 0 Å². The fraction of sp³-hybridized carbons (Fsp3) is 0.500. The van der Waals surface area contributed by atoms with Gasteiger partial charge in [0.1, 0.15) is 12.4 Å². The molecular weight excluding hydrogens is 230 g/mol. The van der Waals surface area contributed by atoms with Crippen molar-refractivity contribution in [3.8, 4) is 5.75 Å². The lowest BCUT2D eigenvalue weighted by atomic mass is 9.87. The molecule has 0 aromatic heterocycles. The quantitative estimate of drug-likeness (QED) is 0.895. The molecule has 1 aliphatic heterocycles. The summed E-state index contributed by atoms with van der Waals surface area (Å²) in [7, 11) is 0. The Balaban J connectivity index is 1.89. The number of rotatable bonds is 3. The van der Waals surface area contributed by atoms with Crippen LogP contribution in [0.2, 0.25) is 0 Å². The standard InChI is InChI=1S/C14H19NO3/c1-14(2,3)10-4-6-11(7-5-10)17-9-12-8-15-13(16)18-12/h4-7,12H,8-9H2,1-3H3,(H,15,16)/t12-/m0/s1. The maximum absolute atomic E-state index is 10.8. The Kier molecular flexibility index (Phi) is 3.45. The number of cyclic esters (lactones) is 1. The second-order valence-electron chi connectivity index (χ2n) is 5.49. The van der Waals surface area contributed by atoms with Gasteiger partial charge in [-0.05, 0) is 23.1 Å². The molecule has 0 saturated carbocycles. The number of carbonyl (C=O) groups excluding carboxylic acids is 1. The van der Waals surface area contributed by atoms with Crippen molar-refractivity contribution in [3.05, 3.63) is 29.8 Å². The molecule has 1 aromatic carbocycles. The summed E-state index contributed by atoms with van der Waals surface area (Å²) >= 11 is 0. The lowest BCUT2D eigenvalue weighted by molar-refractivity contribution is 0.105. The number of ether oxygens (including phenoxy) is 2. The minimum Gasteiger partial charge on any atom is -0.490 e. The lowest BCUT2D eigenvalue weighted by Crippen LogP contribution is -2.22. The Hall–Kier alpha value is -1.71. The zero-order valence-corrected chi connectivity index (χ0v) is 11.0. The van der Waals surface area contributed by atoms with Gasteiger partial charge >= 0.3 is 6.09 Å². The minimum atomic E-state index is -0.369. The normalized spacial score (nSPS) is 19.3. The molecule has 0 unspecified atom stereocenters. The molecule has 18 heavy (non-hydrogen) atoms. The molecule has 2 rings (SSSR count). The molecule has 1 aromatic rings. The van der Waals surface area contributed by atoms with Gasteiger partial charge in [0.2, 0.25) is 0 Å². The number of hydrogen-bond donors (Lipinski definition) is 1. The van der Waals surface area contributed by atoms with Gasteiger partial charge in [-0.15, -0.1) is 0 Å². The Morgan fingerprint density at radius 1 is 1.33 bits per heavy atom. The second kappa shape index (κ2) is 4.88. The van der Waals surface area contributed by atoms with Gasteiger partial charge in [-0.1, -0.05) is 32.9 Å². The summed E-state index contributed by atoms with van der Waals surface area (Å²) in [6.45, 7) is 7.41. The SMILES string of the molecule is CC(C)(C)c1ccc(OC[C@@H]2CNC(=O)O2)cc1. The van der Waals surface area contributed by atoms with Crippen LogP contribution in [-0.2, 0) is 10.2 Å². The van der Waals surface area contributed by atoms with E-state index in [0.29, 0.717) is 13.2 Å². The fourth-order valence-electron chi connectivity index (χ4n) is 1.77. The molecule has 98 valence electrons. The van der Waals surface area contributed by atoms with Crippen LogP contribution in [0.25, 0.3) is 0 Å². The smallest absolute Gasteiger partial charge is 0.407 e. The molecule has 0 aliphatic carbocycles. The van der Waals surface area contributed by atoms with Crippen LogP contribution in [0.4, 0.5) is 4.79 Å². The van der Waals surface area contributed by atoms with E-state index in [0.717, 1.165) is 5.75 Å². The number of amides is 1. The highest BCUT2D eigenvalue weighted by molar-refractivity contribution is 5.69. The highest BCUT2D eigenvalue weighted by atomic mass is 16.6. The summed E-state index contributed by atoms with van der Waals surface area (Å²) in [4.78, 5) is 10.8. The third-order valence-electron chi connectivity index (χ3n) is 2.90. The van der Waals surface area contributed by atoms with E-state index in [2.05, 4.69) is 38.2 Å². The van der Waals surface area contributed by atoms with Gasteiger partial charge in [0, 0.05) is 0 Å². The highest BCUT2D eigenvalue weighted by Crippen LogP contribution is 2.24. The number of hydrogen-bond acceptors (Lipinski definition) is 3. The first-order valence-electron chi connectivity index (χ1n) is 6.13. The topological polar surface area (TPSA) is 47.6 Å². The average Bonchev–Trinajstić information content (AvgIpc) is 2.72. The number of carbonyl (C=O) groups is 1. The Labute approximate surface area is 107 Å². The van der Waals surface area contributed by atoms with Gasteiger partial charge in [-0.3, -0.25) is 0 Å². The third-order valence-corrected chi connectivity index (χ3v) is 2.90. The summed E-state index contributed by atoms with van der Waals surface area (Å²) in [5.41, 5.74) is 1.41. The van der Waals surface area contributed by atoms with Crippen LogP contribution >= 0.6 is 0 Å². The molecule has 1 saturated heterocycles. The summed E-state index contributed by atoms with van der Waals surface area (Å²) in [6.07, 6.45) is -0.563. The van der Waals surface area contributed by atoms with E-state index >= 15 is 0 Å². The second-order valence-corrected chi connectivity index (χ2v) is 5.49. The summed E-state index contributed by atoms with van der Waals surface area (Å²) in [6, 6.07) is 8.03. The molecular formula is C14H19NO3. The predicted octanol–water partition coefficient (Wildman–Crippen LogP) is 2.47. The molecule has 1 atom stereocenters. The first-order valence-corrected chi connectivity index (χ1v) is 6.13. The van der Waals surface area contributed by atoms with E-state index in [1.807, 2.05) is 12.1 Å². The van der Waals surface area contributed by atoms with Crippen LogP contribution in [-0.4, -0.2) is 25.3 Å². The Morgan fingerprint density at radius 3 is 2.50 bits per heavy atom. The zero-order chi connectivity index (χ0) is 13.2. The molecule has 4 nitrogen and oxygen atoms in total. The van der Waals surface area contributed by atoms with Crippen LogP contribution in [0.15, 0.2) is 24.3 Å². The molecule has 1 aliphatic rings.